The van der Waals surface area contributed by atoms with Crippen LogP contribution in [0.15, 0.2) is 18.2 Å². The van der Waals surface area contributed by atoms with Crippen LogP contribution in [0.4, 0.5) is 4.79 Å². The van der Waals surface area contributed by atoms with Crippen LogP contribution in [-0.2, 0) is 10.2 Å². The lowest BCUT2D eigenvalue weighted by molar-refractivity contribution is -0.130. The molecule has 2 aliphatic rings. The normalized spacial score (nSPS) is 18.3. The van der Waals surface area contributed by atoms with E-state index in [-0.39, 0.29) is 17.4 Å². The summed E-state index contributed by atoms with van der Waals surface area (Å²) in [4.78, 5) is 27.4. The van der Waals surface area contributed by atoms with E-state index in [1.54, 1.807) is 30.9 Å². The van der Waals surface area contributed by atoms with Crippen LogP contribution in [0.5, 0.6) is 11.5 Å². The summed E-state index contributed by atoms with van der Waals surface area (Å²) in [6, 6.07) is 5.91. The molecule has 1 aromatic carbocycles. The Morgan fingerprint density at radius 2 is 1.65 bits per heavy atom. The Kier molecular flexibility index (Phi) is 5.25. The first-order valence-corrected chi connectivity index (χ1v) is 9.00. The predicted octanol–water partition coefficient (Wildman–Crippen LogP) is 1.61. The van der Waals surface area contributed by atoms with Gasteiger partial charge in [-0.3, -0.25) is 4.79 Å². The lowest BCUT2D eigenvalue weighted by Gasteiger charge is -2.34. The molecule has 1 saturated heterocycles. The van der Waals surface area contributed by atoms with Crippen molar-refractivity contribution >= 4 is 11.9 Å². The van der Waals surface area contributed by atoms with Crippen molar-refractivity contribution in [3.05, 3.63) is 23.8 Å². The molecule has 7 nitrogen and oxygen atoms in total. The van der Waals surface area contributed by atoms with Gasteiger partial charge < -0.3 is 24.6 Å². The van der Waals surface area contributed by atoms with Gasteiger partial charge in [0.1, 0.15) is 0 Å². The van der Waals surface area contributed by atoms with Crippen molar-refractivity contribution in [3.8, 4) is 11.5 Å². The molecule has 2 fully saturated rings. The van der Waals surface area contributed by atoms with E-state index in [9.17, 15) is 9.59 Å². The molecule has 0 bridgehead atoms. The zero-order chi connectivity index (χ0) is 18.7. The maximum atomic E-state index is 12.5. The molecule has 0 unspecified atom stereocenters. The quantitative estimate of drug-likeness (QED) is 0.865. The van der Waals surface area contributed by atoms with Gasteiger partial charge in [0.15, 0.2) is 11.5 Å². The number of carbonyl (C=O) groups excluding carboxylic acids is 2. The molecule has 1 aliphatic carbocycles. The van der Waals surface area contributed by atoms with E-state index < -0.39 is 0 Å². The molecule has 3 rings (SSSR count). The van der Waals surface area contributed by atoms with Gasteiger partial charge in [-0.1, -0.05) is 6.07 Å². The van der Waals surface area contributed by atoms with E-state index >= 15 is 0 Å². The number of rotatable bonds is 5. The molecule has 0 aromatic heterocycles. The van der Waals surface area contributed by atoms with Crippen molar-refractivity contribution in [1.82, 2.24) is 15.1 Å². The van der Waals surface area contributed by atoms with Crippen LogP contribution in [0.1, 0.15) is 25.3 Å². The van der Waals surface area contributed by atoms with Gasteiger partial charge in [0.2, 0.25) is 5.91 Å². The van der Waals surface area contributed by atoms with E-state index in [1.165, 1.54) is 0 Å². The molecule has 0 atom stereocenters. The van der Waals surface area contributed by atoms with Gasteiger partial charge in [0.05, 0.1) is 14.2 Å². The van der Waals surface area contributed by atoms with Crippen LogP contribution in [0, 0.1) is 0 Å². The van der Waals surface area contributed by atoms with Gasteiger partial charge in [-0.05, 0) is 30.5 Å². The Labute approximate surface area is 154 Å². The lowest BCUT2D eigenvalue weighted by Crippen LogP contribution is -2.53. The van der Waals surface area contributed by atoms with Crippen LogP contribution < -0.4 is 14.8 Å². The number of methoxy groups -OCH3 is 2. The number of ether oxygens (including phenoxy) is 2. The highest BCUT2D eigenvalue weighted by atomic mass is 16.5. The standard InChI is InChI=1S/C19H27N3O4/c1-14(23)21-8-10-22(11-9-21)18(24)20-13-19(6-7-19)15-4-5-16(25-2)17(12-15)26-3/h4-5,12H,6-11,13H2,1-3H3,(H,20,24). The van der Waals surface area contributed by atoms with Crippen LogP contribution in [0.2, 0.25) is 0 Å². The van der Waals surface area contributed by atoms with Crippen molar-refractivity contribution < 1.29 is 19.1 Å². The van der Waals surface area contributed by atoms with Crippen LogP contribution in [-0.4, -0.2) is 68.7 Å². The fourth-order valence-electron chi connectivity index (χ4n) is 3.47. The van der Waals surface area contributed by atoms with E-state index in [0.29, 0.717) is 44.2 Å². The van der Waals surface area contributed by atoms with Crippen LogP contribution in [0.25, 0.3) is 0 Å². The summed E-state index contributed by atoms with van der Waals surface area (Å²) in [5, 5.41) is 3.08. The fourth-order valence-corrected chi connectivity index (χ4v) is 3.47. The highest BCUT2D eigenvalue weighted by Gasteiger charge is 2.45. The minimum absolute atomic E-state index is 0.0174. The number of nitrogens with zero attached hydrogens (tertiary/aromatic N) is 2. The van der Waals surface area contributed by atoms with E-state index in [0.717, 1.165) is 18.4 Å². The average Bonchev–Trinajstić information content (AvgIpc) is 3.46. The van der Waals surface area contributed by atoms with Gasteiger partial charge in [-0.2, -0.15) is 0 Å². The molecule has 142 valence electrons. The maximum Gasteiger partial charge on any atom is 0.317 e. The van der Waals surface area contributed by atoms with Gasteiger partial charge >= 0.3 is 6.03 Å². The first kappa shape index (κ1) is 18.4. The molecule has 0 radical (unpaired) electrons. The summed E-state index contributed by atoms with van der Waals surface area (Å²) in [5.74, 6) is 1.48. The van der Waals surface area contributed by atoms with Gasteiger partial charge in [0.25, 0.3) is 0 Å². The number of nitrogens with one attached hydrogen (secondary N) is 1. The molecule has 1 aromatic rings. The van der Waals surface area contributed by atoms with Crippen molar-refractivity contribution in [3.63, 3.8) is 0 Å². The lowest BCUT2D eigenvalue weighted by atomic mass is 9.95. The number of hydrogen-bond donors (Lipinski definition) is 1. The topological polar surface area (TPSA) is 71.1 Å². The fraction of sp³-hybridized carbons (Fsp3) is 0.579. The predicted molar refractivity (Wildman–Crippen MR) is 97.7 cm³/mol. The zero-order valence-corrected chi connectivity index (χ0v) is 15.7. The molecule has 26 heavy (non-hydrogen) atoms. The van der Waals surface area contributed by atoms with Gasteiger partial charge in [0, 0.05) is 45.1 Å². The SMILES string of the molecule is COc1ccc(C2(CNC(=O)N3CCN(C(C)=O)CC3)CC2)cc1OC. The van der Waals surface area contributed by atoms with E-state index in [1.807, 2.05) is 18.2 Å². The third-order valence-electron chi connectivity index (χ3n) is 5.44. The summed E-state index contributed by atoms with van der Waals surface area (Å²) in [6.07, 6.45) is 2.09. The molecule has 7 heteroatoms. The number of carbonyl (C=O) groups is 2. The summed E-state index contributed by atoms with van der Waals surface area (Å²) in [6.45, 7) is 4.53. The van der Waals surface area contributed by atoms with Crippen LogP contribution >= 0.6 is 0 Å². The first-order chi connectivity index (χ1) is 12.5. The molecule has 1 N–H and O–H groups in total. The molecule has 1 saturated carbocycles. The molecule has 0 spiro atoms. The monoisotopic (exact) mass is 361 g/mol. The summed E-state index contributed by atoms with van der Waals surface area (Å²) in [5.41, 5.74) is 1.15. The molecule has 3 amide bonds. The second-order valence-corrected chi connectivity index (χ2v) is 7.00. The Balaban J connectivity index is 1.58. The minimum Gasteiger partial charge on any atom is -0.493 e. The maximum absolute atomic E-state index is 12.5. The van der Waals surface area contributed by atoms with Gasteiger partial charge in [-0.15, -0.1) is 0 Å². The Morgan fingerprint density at radius 3 is 2.19 bits per heavy atom. The van der Waals surface area contributed by atoms with Crippen molar-refractivity contribution in [2.24, 2.45) is 0 Å². The number of hydrogen-bond acceptors (Lipinski definition) is 4. The van der Waals surface area contributed by atoms with Crippen molar-refractivity contribution in [2.75, 3.05) is 46.9 Å². The first-order valence-electron chi connectivity index (χ1n) is 9.00. The summed E-state index contributed by atoms with van der Waals surface area (Å²) >= 11 is 0. The average molecular weight is 361 g/mol. The number of urea groups is 1. The van der Waals surface area contributed by atoms with E-state index in [2.05, 4.69) is 5.32 Å². The van der Waals surface area contributed by atoms with Crippen LogP contribution in [0.3, 0.4) is 0 Å². The largest absolute Gasteiger partial charge is 0.493 e. The number of amides is 3. The summed E-state index contributed by atoms with van der Waals surface area (Å²) in [7, 11) is 3.25. The molecule has 1 heterocycles. The second kappa shape index (κ2) is 7.43. The Bertz CT molecular complexity index is 679. The smallest absolute Gasteiger partial charge is 0.317 e. The molecular weight excluding hydrogens is 334 g/mol. The zero-order valence-electron chi connectivity index (χ0n) is 15.7. The highest BCUT2D eigenvalue weighted by Crippen LogP contribution is 2.49. The third kappa shape index (κ3) is 3.71. The highest BCUT2D eigenvalue weighted by molar-refractivity contribution is 5.76. The van der Waals surface area contributed by atoms with Gasteiger partial charge in [-0.25, -0.2) is 4.79 Å². The number of piperazine rings is 1. The second-order valence-electron chi connectivity index (χ2n) is 7.00. The van der Waals surface area contributed by atoms with E-state index in [4.69, 9.17) is 9.47 Å². The third-order valence-corrected chi connectivity index (χ3v) is 5.44. The minimum atomic E-state index is -0.0556. The van der Waals surface area contributed by atoms with Crippen molar-refractivity contribution in [1.29, 1.82) is 0 Å². The molecule has 1 aliphatic heterocycles. The van der Waals surface area contributed by atoms with Crippen molar-refractivity contribution in [2.45, 2.75) is 25.2 Å². The Hall–Kier alpha value is -2.44. The summed E-state index contributed by atoms with van der Waals surface area (Å²) < 4.78 is 10.7. The Morgan fingerprint density at radius 1 is 1.04 bits per heavy atom. The number of benzene rings is 1. The molecular formula is C19H27N3O4.